The van der Waals surface area contributed by atoms with E-state index < -0.39 is 13.4 Å². The average Bonchev–Trinajstić information content (AvgIpc) is 3.02. The number of aromatic nitrogens is 1. The third kappa shape index (κ3) is 4.15. The fourth-order valence-electron chi connectivity index (χ4n) is 2.74. The van der Waals surface area contributed by atoms with Crippen LogP contribution < -0.4 is 5.32 Å². The Hall–Kier alpha value is -1.72. The summed E-state index contributed by atoms with van der Waals surface area (Å²) in [5.74, 6) is -0.620. The second kappa shape index (κ2) is 8.31. The van der Waals surface area contributed by atoms with Crippen LogP contribution in [0.4, 0.5) is 5.13 Å². The summed E-state index contributed by atoms with van der Waals surface area (Å²) in [6.45, 7) is 6.29. The van der Waals surface area contributed by atoms with Crippen molar-refractivity contribution in [3.05, 3.63) is 59.7 Å². The highest BCUT2D eigenvalue weighted by Gasteiger charge is 2.37. The van der Waals surface area contributed by atoms with Crippen LogP contribution in [0, 0.1) is 6.92 Å². The third-order valence-electron chi connectivity index (χ3n) is 3.85. The number of benzene rings is 2. The van der Waals surface area contributed by atoms with Crippen LogP contribution in [0.5, 0.6) is 0 Å². The van der Waals surface area contributed by atoms with Gasteiger partial charge in [0, 0.05) is 0 Å². The maximum absolute atomic E-state index is 13.5. The van der Waals surface area contributed by atoms with Gasteiger partial charge < -0.3 is 14.4 Å². The molecule has 0 amide bonds. The molecule has 0 aliphatic heterocycles. The number of rotatable bonds is 8. The molecule has 0 saturated carbocycles. The van der Waals surface area contributed by atoms with Crippen LogP contribution in [0.15, 0.2) is 48.5 Å². The first-order valence-electron chi connectivity index (χ1n) is 8.63. The Kier molecular flexibility index (Phi) is 6.09. The molecule has 2 aromatic carbocycles. The first kappa shape index (κ1) is 19.1. The number of thiazole rings is 1. The van der Waals surface area contributed by atoms with Gasteiger partial charge in [-0.2, -0.15) is 0 Å². The van der Waals surface area contributed by atoms with E-state index in [-0.39, 0.29) is 0 Å². The Balaban J connectivity index is 2.00. The molecule has 0 aliphatic carbocycles. The molecule has 0 saturated heterocycles. The molecule has 1 heterocycles. The number of anilines is 1. The minimum absolute atomic E-state index is 0.307. The predicted octanol–water partition coefficient (Wildman–Crippen LogP) is 5.98. The van der Waals surface area contributed by atoms with Gasteiger partial charge in [-0.25, -0.2) is 4.98 Å². The van der Waals surface area contributed by atoms with Crippen LogP contribution in [-0.4, -0.2) is 18.2 Å². The van der Waals surface area contributed by atoms with Crippen molar-refractivity contribution in [2.24, 2.45) is 0 Å². The van der Waals surface area contributed by atoms with Gasteiger partial charge in [0.25, 0.3) is 0 Å². The average molecular weight is 390 g/mol. The van der Waals surface area contributed by atoms with Gasteiger partial charge in [0.2, 0.25) is 0 Å². The van der Waals surface area contributed by atoms with Crippen LogP contribution in [0.1, 0.15) is 30.8 Å². The van der Waals surface area contributed by atoms with Gasteiger partial charge in [-0.3, -0.25) is 4.57 Å². The smallest absolute Gasteiger partial charge is 0.344 e. The Labute approximate surface area is 157 Å². The molecular formula is C19H23N2O3PS. The van der Waals surface area contributed by atoms with Gasteiger partial charge in [-0.1, -0.05) is 47.7 Å². The van der Waals surface area contributed by atoms with Crippen LogP contribution in [0.3, 0.4) is 0 Å². The lowest BCUT2D eigenvalue weighted by molar-refractivity contribution is 0.214. The minimum atomic E-state index is -3.41. The van der Waals surface area contributed by atoms with Crippen molar-refractivity contribution in [2.45, 2.75) is 26.6 Å². The molecule has 0 aliphatic rings. The lowest BCUT2D eigenvalue weighted by Crippen LogP contribution is -2.15. The summed E-state index contributed by atoms with van der Waals surface area (Å²) >= 11 is 1.53. The number of fused-ring (bicyclic) bond motifs is 1. The number of nitrogens with zero attached hydrogens (tertiary/aromatic N) is 1. The SMILES string of the molecule is CCOP(=O)(OCC)C(Nc1nc2ccc(C)cc2s1)c1ccccc1. The largest absolute Gasteiger partial charge is 0.357 e. The van der Waals surface area contributed by atoms with Gasteiger partial charge in [0.05, 0.1) is 23.4 Å². The first-order chi connectivity index (χ1) is 12.6. The van der Waals surface area contributed by atoms with Crippen molar-refractivity contribution in [2.75, 3.05) is 18.5 Å². The summed E-state index contributed by atoms with van der Waals surface area (Å²) < 4.78 is 25.7. The highest BCUT2D eigenvalue weighted by atomic mass is 32.1. The normalized spacial score (nSPS) is 13.0. The Morgan fingerprint density at radius 3 is 2.46 bits per heavy atom. The molecule has 5 nitrogen and oxygen atoms in total. The first-order valence-corrected chi connectivity index (χ1v) is 11.1. The number of nitrogens with one attached hydrogen (secondary N) is 1. The molecule has 1 atom stereocenters. The molecule has 0 fully saturated rings. The predicted molar refractivity (Wildman–Crippen MR) is 108 cm³/mol. The molecule has 138 valence electrons. The molecule has 26 heavy (non-hydrogen) atoms. The lowest BCUT2D eigenvalue weighted by atomic mass is 10.2. The fourth-order valence-corrected chi connectivity index (χ4v) is 5.73. The van der Waals surface area contributed by atoms with Crippen LogP contribution in [-0.2, 0) is 13.6 Å². The van der Waals surface area contributed by atoms with Crippen molar-refractivity contribution in [1.82, 2.24) is 4.98 Å². The third-order valence-corrected chi connectivity index (χ3v) is 7.10. The summed E-state index contributed by atoms with van der Waals surface area (Å²) in [6, 6.07) is 15.7. The number of aryl methyl sites for hydroxylation is 1. The van der Waals surface area contributed by atoms with Gasteiger partial charge in [0.1, 0.15) is 0 Å². The van der Waals surface area contributed by atoms with Crippen molar-refractivity contribution in [3.8, 4) is 0 Å². The van der Waals surface area contributed by atoms with E-state index in [0.29, 0.717) is 18.3 Å². The molecule has 0 radical (unpaired) electrons. The van der Waals surface area contributed by atoms with E-state index in [4.69, 9.17) is 9.05 Å². The van der Waals surface area contributed by atoms with E-state index in [1.807, 2.05) is 56.3 Å². The molecule has 1 aromatic heterocycles. The van der Waals surface area contributed by atoms with E-state index in [9.17, 15) is 4.57 Å². The summed E-state index contributed by atoms with van der Waals surface area (Å²) in [5.41, 5.74) is 2.94. The van der Waals surface area contributed by atoms with Crippen molar-refractivity contribution >= 4 is 34.3 Å². The second-order valence-electron chi connectivity index (χ2n) is 5.82. The second-order valence-corrected chi connectivity index (χ2v) is 8.97. The van der Waals surface area contributed by atoms with Gasteiger partial charge in [0.15, 0.2) is 10.9 Å². The quantitative estimate of drug-likeness (QED) is 0.479. The minimum Gasteiger partial charge on any atom is -0.344 e. The Morgan fingerprint density at radius 1 is 1.12 bits per heavy atom. The zero-order valence-electron chi connectivity index (χ0n) is 15.1. The molecule has 7 heteroatoms. The highest BCUT2D eigenvalue weighted by Crippen LogP contribution is 2.61. The van der Waals surface area contributed by atoms with E-state index in [0.717, 1.165) is 15.8 Å². The summed E-state index contributed by atoms with van der Waals surface area (Å²) in [5, 5.41) is 4.00. The Bertz CT molecular complexity index is 904. The molecule has 1 unspecified atom stereocenters. The van der Waals surface area contributed by atoms with E-state index in [2.05, 4.69) is 23.3 Å². The fraction of sp³-hybridized carbons (Fsp3) is 0.316. The maximum atomic E-state index is 13.5. The molecule has 0 spiro atoms. The standard InChI is InChI=1S/C19H23N2O3PS/c1-4-23-25(22,24-5-2)18(15-9-7-6-8-10-15)21-19-20-16-12-11-14(3)13-17(16)26-19/h6-13,18H,4-5H2,1-3H3,(H,20,21). The number of hydrogen-bond acceptors (Lipinski definition) is 6. The van der Waals surface area contributed by atoms with Crippen LogP contribution >= 0.6 is 18.9 Å². The highest BCUT2D eigenvalue weighted by molar-refractivity contribution is 7.54. The van der Waals surface area contributed by atoms with Crippen molar-refractivity contribution in [1.29, 1.82) is 0 Å². The molecular weight excluding hydrogens is 367 g/mol. The van der Waals surface area contributed by atoms with E-state index in [1.54, 1.807) is 0 Å². The summed E-state index contributed by atoms with van der Waals surface area (Å²) in [4.78, 5) is 4.63. The van der Waals surface area contributed by atoms with Crippen LogP contribution in [0.25, 0.3) is 10.2 Å². The molecule has 3 aromatic rings. The zero-order chi connectivity index (χ0) is 18.6. The van der Waals surface area contributed by atoms with Crippen molar-refractivity contribution < 1.29 is 13.6 Å². The number of hydrogen-bond donors (Lipinski definition) is 1. The summed E-state index contributed by atoms with van der Waals surface area (Å²) in [6.07, 6.45) is 0. The lowest BCUT2D eigenvalue weighted by Gasteiger charge is -2.27. The van der Waals surface area contributed by atoms with E-state index >= 15 is 0 Å². The van der Waals surface area contributed by atoms with E-state index in [1.165, 1.54) is 16.9 Å². The monoisotopic (exact) mass is 390 g/mol. The zero-order valence-corrected chi connectivity index (χ0v) is 16.8. The van der Waals surface area contributed by atoms with Gasteiger partial charge in [-0.15, -0.1) is 0 Å². The van der Waals surface area contributed by atoms with Gasteiger partial charge in [-0.05, 0) is 44.0 Å². The molecule has 3 rings (SSSR count). The molecule has 0 bridgehead atoms. The summed E-state index contributed by atoms with van der Waals surface area (Å²) in [7, 11) is -3.41. The molecule has 1 N–H and O–H groups in total. The van der Waals surface area contributed by atoms with Gasteiger partial charge >= 0.3 is 7.60 Å². The Morgan fingerprint density at radius 2 is 1.81 bits per heavy atom. The maximum Gasteiger partial charge on any atom is 0.357 e. The topological polar surface area (TPSA) is 60.5 Å². The van der Waals surface area contributed by atoms with Crippen LogP contribution in [0.2, 0.25) is 0 Å². The van der Waals surface area contributed by atoms with Crippen molar-refractivity contribution in [3.63, 3.8) is 0 Å².